The fourth-order valence-electron chi connectivity index (χ4n) is 2.64. The molecule has 0 bridgehead atoms. The molecule has 0 atom stereocenters. The summed E-state index contributed by atoms with van der Waals surface area (Å²) in [6, 6.07) is 11.9. The lowest BCUT2D eigenvalue weighted by molar-refractivity contribution is 0.175. The molecular weight excluding hydrogens is 286 g/mol. The van der Waals surface area contributed by atoms with Crippen LogP contribution in [0.1, 0.15) is 11.1 Å². The van der Waals surface area contributed by atoms with Gasteiger partial charge >= 0.3 is 0 Å². The lowest BCUT2D eigenvalue weighted by Gasteiger charge is -2.08. The van der Waals surface area contributed by atoms with E-state index in [0.29, 0.717) is 0 Å². The van der Waals surface area contributed by atoms with Gasteiger partial charge in [0, 0.05) is 22.8 Å². The van der Waals surface area contributed by atoms with Gasteiger partial charge in [0.1, 0.15) is 0 Å². The molecule has 0 spiro atoms. The van der Waals surface area contributed by atoms with Gasteiger partial charge in [-0.3, -0.25) is 4.98 Å². The lowest BCUT2D eigenvalue weighted by Crippen LogP contribution is -1.94. The van der Waals surface area contributed by atoms with Crippen molar-refractivity contribution in [2.75, 3.05) is 6.79 Å². The third-order valence-corrected chi connectivity index (χ3v) is 3.92. The molecule has 4 rings (SSSR count). The third-order valence-electron chi connectivity index (χ3n) is 3.67. The molecule has 2 heterocycles. The molecule has 21 heavy (non-hydrogen) atoms. The average molecular weight is 298 g/mol. The highest BCUT2D eigenvalue weighted by Gasteiger charge is 2.18. The van der Waals surface area contributed by atoms with Crippen molar-refractivity contribution in [3.8, 4) is 11.5 Å². The van der Waals surface area contributed by atoms with Gasteiger partial charge in [0.25, 0.3) is 0 Å². The number of halogens is 1. The van der Waals surface area contributed by atoms with Crippen molar-refractivity contribution in [2.45, 2.75) is 6.42 Å². The minimum Gasteiger partial charge on any atom is -0.454 e. The monoisotopic (exact) mass is 297 g/mol. The van der Waals surface area contributed by atoms with Gasteiger partial charge in [0.15, 0.2) is 11.5 Å². The highest BCUT2D eigenvalue weighted by Crippen LogP contribution is 2.39. The molecule has 4 heteroatoms. The van der Waals surface area contributed by atoms with Crippen LogP contribution in [0.25, 0.3) is 10.8 Å². The second-order valence-corrected chi connectivity index (χ2v) is 5.43. The Morgan fingerprint density at radius 2 is 1.81 bits per heavy atom. The fraction of sp³-hybridized carbons (Fsp3) is 0.118. The van der Waals surface area contributed by atoms with E-state index in [1.54, 1.807) is 0 Å². The fourth-order valence-corrected chi connectivity index (χ4v) is 2.76. The zero-order valence-electron chi connectivity index (χ0n) is 11.2. The molecule has 1 aliphatic heterocycles. The van der Waals surface area contributed by atoms with E-state index in [0.717, 1.165) is 39.3 Å². The Bertz CT molecular complexity index is 815. The Morgan fingerprint density at radius 3 is 2.67 bits per heavy atom. The standard InChI is InChI=1S/C17H12ClNO2/c18-13-3-1-11(2-4-13)7-12-8-19-9-15-14(12)5-6-16-17(15)21-10-20-16/h1-6,8-9H,7,10H2. The van der Waals surface area contributed by atoms with Crippen LogP contribution >= 0.6 is 11.6 Å². The molecule has 2 aromatic carbocycles. The predicted octanol–water partition coefficient (Wildman–Crippen LogP) is 4.21. The van der Waals surface area contributed by atoms with E-state index in [1.165, 1.54) is 5.56 Å². The molecule has 0 saturated heterocycles. The Kier molecular flexibility index (Phi) is 2.93. The summed E-state index contributed by atoms with van der Waals surface area (Å²) in [7, 11) is 0. The number of rotatable bonds is 2. The van der Waals surface area contributed by atoms with E-state index < -0.39 is 0 Å². The Hall–Kier alpha value is -2.26. The van der Waals surface area contributed by atoms with Crippen LogP contribution < -0.4 is 9.47 Å². The van der Waals surface area contributed by atoms with Crippen molar-refractivity contribution in [1.29, 1.82) is 0 Å². The minimum absolute atomic E-state index is 0.274. The van der Waals surface area contributed by atoms with E-state index >= 15 is 0 Å². The molecule has 0 unspecified atom stereocenters. The van der Waals surface area contributed by atoms with E-state index in [2.05, 4.69) is 11.1 Å². The zero-order chi connectivity index (χ0) is 14.2. The molecule has 1 aromatic heterocycles. The summed E-state index contributed by atoms with van der Waals surface area (Å²) < 4.78 is 11.0. The predicted molar refractivity (Wildman–Crippen MR) is 82.1 cm³/mol. The smallest absolute Gasteiger partial charge is 0.231 e. The maximum Gasteiger partial charge on any atom is 0.231 e. The third kappa shape index (κ3) is 2.20. The van der Waals surface area contributed by atoms with Crippen LogP contribution in [0.2, 0.25) is 5.02 Å². The molecule has 0 aliphatic carbocycles. The molecule has 0 N–H and O–H groups in total. The van der Waals surface area contributed by atoms with Crippen LogP contribution in [0.3, 0.4) is 0 Å². The normalized spacial score (nSPS) is 12.8. The molecule has 3 nitrogen and oxygen atoms in total. The molecule has 3 aromatic rings. The number of pyridine rings is 1. The van der Waals surface area contributed by atoms with Crippen LogP contribution in [0.4, 0.5) is 0 Å². The minimum atomic E-state index is 0.274. The van der Waals surface area contributed by atoms with Gasteiger partial charge < -0.3 is 9.47 Å². The van der Waals surface area contributed by atoms with Crippen molar-refractivity contribution in [3.63, 3.8) is 0 Å². The first-order chi connectivity index (χ1) is 10.3. The van der Waals surface area contributed by atoms with Crippen LogP contribution in [0.15, 0.2) is 48.8 Å². The molecule has 0 radical (unpaired) electrons. The topological polar surface area (TPSA) is 31.4 Å². The first kappa shape index (κ1) is 12.5. The first-order valence-corrected chi connectivity index (χ1v) is 7.09. The Morgan fingerprint density at radius 1 is 0.952 bits per heavy atom. The summed E-state index contributed by atoms with van der Waals surface area (Å²) in [6.07, 6.45) is 4.54. The SMILES string of the molecule is Clc1ccc(Cc2cncc3c4c(ccc23)OCO4)cc1. The van der Waals surface area contributed by atoms with E-state index in [4.69, 9.17) is 21.1 Å². The first-order valence-electron chi connectivity index (χ1n) is 6.71. The number of fused-ring (bicyclic) bond motifs is 3. The van der Waals surface area contributed by atoms with Crippen LogP contribution in [0, 0.1) is 0 Å². The van der Waals surface area contributed by atoms with Crippen molar-refractivity contribution >= 4 is 22.4 Å². The van der Waals surface area contributed by atoms with Crippen molar-refractivity contribution < 1.29 is 9.47 Å². The molecule has 104 valence electrons. The maximum atomic E-state index is 5.93. The van der Waals surface area contributed by atoms with Crippen LogP contribution in [0.5, 0.6) is 11.5 Å². The summed E-state index contributed by atoms with van der Waals surface area (Å²) in [6.45, 7) is 0.274. The molecule has 0 amide bonds. The molecule has 1 aliphatic rings. The van der Waals surface area contributed by atoms with E-state index in [-0.39, 0.29) is 6.79 Å². The maximum absolute atomic E-state index is 5.93. The van der Waals surface area contributed by atoms with Gasteiger partial charge in [0.05, 0.1) is 0 Å². The molecule has 0 saturated carbocycles. The summed E-state index contributed by atoms with van der Waals surface area (Å²) in [4.78, 5) is 4.34. The average Bonchev–Trinajstić information content (AvgIpc) is 2.99. The van der Waals surface area contributed by atoms with Gasteiger partial charge in [-0.05, 0) is 41.1 Å². The number of ether oxygens (including phenoxy) is 2. The summed E-state index contributed by atoms with van der Waals surface area (Å²) >= 11 is 5.93. The highest BCUT2D eigenvalue weighted by atomic mass is 35.5. The van der Waals surface area contributed by atoms with Gasteiger partial charge in [-0.15, -0.1) is 0 Å². The van der Waals surface area contributed by atoms with Crippen molar-refractivity contribution in [3.05, 3.63) is 64.9 Å². The number of benzene rings is 2. The van der Waals surface area contributed by atoms with Gasteiger partial charge in [-0.25, -0.2) is 0 Å². The van der Waals surface area contributed by atoms with E-state index in [9.17, 15) is 0 Å². The summed E-state index contributed by atoms with van der Waals surface area (Å²) in [5.74, 6) is 1.57. The van der Waals surface area contributed by atoms with Gasteiger partial charge in [0.2, 0.25) is 6.79 Å². The second kappa shape index (κ2) is 4.93. The highest BCUT2D eigenvalue weighted by molar-refractivity contribution is 6.30. The largest absolute Gasteiger partial charge is 0.454 e. The number of hydrogen-bond acceptors (Lipinski definition) is 3. The number of hydrogen-bond donors (Lipinski definition) is 0. The molecule has 0 fully saturated rings. The van der Waals surface area contributed by atoms with Crippen LogP contribution in [-0.4, -0.2) is 11.8 Å². The number of aromatic nitrogens is 1. The Labute approximate surface area is 127 Å². The summed E-state index contributed by atoms with van der Waals surface area (Å²) in [5.41, 5.74) is 2.36. The lowest BCUT2D eigenvalue weighted by atomic mass is 10.0. The number of nitrogens with zero attached hydrogens (tertiary/aromatic N) is 1. The van der Waals surface area contributed by atoms with Gasteiger partial charge in [-0.1, -0.05) is 29.8 Å². The van der Waals surface area contributed by atoms with Crippen molar-refractivity contribution in [2.24, 2.45) is 0 Å². The van der Waals surface area contributed by atoms with Crippen molar-refractivity contribution in [1.82, 2.24) is 4.98 Å². The zero-order valence-corrected chi connectivity index (χ0v) is 11.9. The van der Waals surface area contributed by atoms with Crippen LogP contribution in [-0.2, 0) is 6.42 Å². The summed E-state index contributed by atoms with van der Waals surface area (Å²) in [5, 5.41) is 2.89. The second-order valence-electron chi connectivity index (χ2n) is 5.00. The van der Waals surface area contributed by atoms with E-state index in [1.807, 2.05) is 42.7 Å². The van der Waals surface area contributed by atoms with Gasteiger partial charge in [-0.2, -0.15) is 0 Å². The molecular formula is C17H12ClNO2. The Balaban J connectivity index is 1.80. The quantitative estimate of drug-likeness (QED) is 0.710.